The van der Waals surface area contributed by atoms with Gasteiger partial charge in [0.25, 0.3) is 0 Å². The van der Waals surface area contributed by atoms with E-state index in [0.717, 1.165) is 10.7 Å². The van der Waals surface area contributed by atoms with Crippen molar-refractivity contribution in [2.75, 3.05) is 12.3 Å². The lowest BCUT2D eigenvalue weighted by Crippen LogP contribution is -2.23. The number of nitrogens with two attached hydrogens (primary N) is 1. The van der Waals surface area contributed by atoms with Crippen molar-refractivity contribution in [2.24, 2.45) is 7.05 Å². The molecule has 0 aliphatic carbocycles. The number of benzene rings is 1. The van der Waals surface area contributed by atoms with Gasteiger partial charge in [-0.1, -0.05) is 18.7 Å². The molecule has 0 radical (unpaired) electrons. The molecule has 2 aromatic rings. The van der Waals surface area contributed by atoms with Gasteiger partial charge >= 0.3 is 0 Å². The standard InChI is InChI=1S/C13H18N4O2S2/c1-4-15-21(18,19)10-5-6-11(14)12(8-10)20-13-7-9(2)16-17(13)3/h5-8,15H,4,14H2,1-3H3. The normalized spacial score (nSPS) is 11.8. The number of rotatable bonds is 5. The van der Waals surface area contributed by atoms with Crippen LogP contribution in [0.4, 0.5) is 5.69 Å². The zero-order valence-corrected chi connectivity index (χ0v) is 13.8. The van der Waals surface area contributed by atoms with Crippen molar-refractivity contribution in [3.05, 3.63) is 30.0 Å². The lowest BCUT2D eigenvalue weighted by atomic mass is 10.3. The van der Waals surface area contributed by atoms with Crippen molar-refractivity contribution in [1.29, 1.82) is 0 Å². The molecule has 2 rings (SSSR count). The van der Waals surface area contributed by atoms with Crippen LogP contribution in [0, 0.1) is 6.92 Å². The predicted molar refractivity (Wildman–Crippen MR) is 83.8 cm³/mol. The van der Waals surface area contributed by atoms with Gasteiger partial charge in [-0.2, -0.15) is 5.10 Å². The van der Waals surface area contributed by atoms with Crippen LogP contribution in [-0.4, -0.2) is 24.7 Å². The molecule has 21 heavy (non-hydrogen) atoms. The number of anilines is 1. The minimum absolute atomic E-state index is 0.208. The average molecular weight is 326 g/mol. The summed E-state index contributed by atoms with van der Waals surface area (Å²) in [5.74, 6) is 0. The molecule has 0 aliphatic heterocycles. The monoisotopic (exact) mass is 326 g/mol. The van der Waals surface area contributed by atoms with Gasteiger partial charge in [-0.3, -0.25) is 4.68 Å². The Morgan fingerprint density at radius 3 is 2.67 bits per heavy atom. The fourth-order valence-corrected chi connectivity index (χ4v) is 3.98. The number of nitrogens with zero attached hydrogens (tertiary/aromatic N) is 2. The van der Waals surface area contributed by atoms with E-state index < -0.39 is 10.0 Å². The van der Waals surface area contributed by atoms with Gasteiger partial charge in [0.05, 0.1) is 15.6 Å². The third-order valence-corrected chi connectivity index (χ3v) is 5.51. The van der Waals surface area contributed by atoms with Crippen molar-refractivity contribution in [3.63, 3.8) is 0 Å². The highest BCUT2D eigenvalue weighted by Crippen LogP contribution is 2.33. The Morgan fingerprint density at radius 1 is 1.38 bits per heavy atom. The van der Waals surface area contributed by atoms with E-state index in [0.29, 0.717) is 17.1 Å². The Balaban J connectivity index is 2.38. The molecule has 114 valence electrons. The summed E-state index contributed by atoms with van der Waals surface area (Å²) in [7, 11) is -1.65. The van der Waals surface area contributed by atoms with E-state index >= 15 is 0 Å². The Kier molecular flexibility index (Phi) is 4.60. The van der Waals surface area contributed by atoms with E-state index in [2.05, 4.69) is 9.82 Å². The van der Waals surface area contributed by atoms with E-state index in [1.807, 2.05) is 20.0 Å². The number of nitrogen functional groups attached to an aromatic ring is 1. The molecule has 0 atom stereocenters. The van der Waals surface area contributed by atoms with Gasteiger partial charge in [-0.05, 0) is 31.2 Å². The van der Waals surface area contributed by atoms with E-state index in [1.54, 1.807) is 23.7 Å². The molecule has 8 heteroatoms. The summed E-state index contributed by atoms with van der Waals surface area (Å²) in [5, 5.41) is 5.16. The van der Waals surface area contributed by atoms with Gasteiger partial charge < -0.3 is 5.73 Å². The predicted octanol–water partition coefficient (Wildman–Crippen LogP) is 1.76. The molecule has 3 N–H and O–H groups in total. The van der Waals surface area contributed by atoms with Crippen LogP contribution in [0.5, 0.6) is 0 Å². The Bertz CT molecular complexity index is 754. The quantitative estimate of drug-likeness (QED) is 0.817. The SMILES string of the molecule is CCNS(=O)(=O)c1ccc(N)c(Sc2cc(C)nn2C)c1. The maximum atomic E-state index is 12.0. The van der Waals surface area contributed by atoms with Crippen molar-refractivity contribution in [2.45, 2.75) is 28.7 Å². The van der Waals surface area contributed by atoms with Gasteiger partial charge in [0.2, 0.25) is 10.0 Å². The van der Waals surface area contributed by atoms with Crippen molar-refractivity contribution < 1.29 is 8.42 Å². The van der Waals surface area contributed by atoms with Gasteiger partial charge in [-0.25, -0.2) is 13.1 Å². The first-order valence-electron chi connectivity index (χ1n) is 6.41. The van der Waals surface area contributed by atoms with E-state index in [-0.39, 0.29) is 4.90 Å². The van der Waals surface area contributed by atoms with E-state index in [1.165, 1.54) is 17.8 Å². The number of nitrogens with one attached hydrogen (secondary N) is 1. The minimum Gasteiger partial charge on any atom is -0.398 e. The Labute approximate surface area is 128 Å². The second-order valence-electron chi connectivity index (χ2n) is 4.55. The number of aryl methyl sites for hydroxylation is 2. The summed E-state index contributed by atoms with van der Waals surface area (Å²) in [5.41, 5.74) is 7.38. The summed E-state index contributed by atoms with van der Waals surface area (Å²) in [6, 6.07) is 6.62. The summed E-state index contributed by atoms with van der Waals surface area (Å²) < 4.78 is 28.3. The summed E-state index contributed by atoms with van der Waals surface area (Å²) in [6.07, 6.45) is 0. The maximum absolute atomic E-state index is 12.0. The molecule has 0 saturated carbocycles. The lowest BCUT2D eigenvalue weighted by Gasteiger charge is -2.09. The summed E-state index contributed by atoms with van der Waals surface area (Å²) >= 11 is 1.39. The summed E-state index contributed by atoms with van der Waals surface area (Å²) in [4.78, 5) is 0.900. The number of hydrogen-bond acceptors (Lipinski definition) is 5. The molecule has 0 amide bonds. The first-order chi connectivity index (χ1) is 9.83. The van der Waals surface area contributed by atoms with Crippen LogP contribution in [0.15, 0.2) is 39.1 Å². The fraction of sp³-hybridized carbons (Fsp3) is 0.308. The van der Waals surface area contributed by atoms with E-state index in [4.69, 9.17) is 5.73 Å². The van der Waals surface area contributed by atoms with Crippen LogP contribution in [0.3, 0.4) is 0 Å². The molecular formula is C13H18N4O2S2. The highest BCUT2D eigenvalue weighted by atomic mass is 32.2. The maximum Gasteiger partial charge on any atom is 0.240 e. The molecular weight excluding hydrogens is 308 g/mol. The number of aromatic nitrogens is 2. The van der Waals surface area contributed by atoms with E-state index in [9.17, 15) is 8.42 Å². The number of hydrogen-bond donors (Lipinski definition) is 2. The molecule has 0 fully saturated rings. The molecule has 0 aliphatic rings. The minimum atomic E-state index is -3.49. The molecule has 0 unspecified atom stereocenters. The molecule has 0 spiro atoms. The molecule has 0 saturated heterocycles. The molecule has 0 bridgehead atoms. The van der Waals surface area contributed by atoms with Crippen LogP contribution in [0.25, 0.3) is 0 Å². The van der Waals surface area contributed by atoms with Crippen LogP contribution >= 0.6 is 11.8 Å². The summed E-state index contributed by atoms with van der Waals surface area (Å²) in [6.45, 7) is 3.98. The second kappa shape index (κ2) is 6.08. The molecule has 1 aromatic heterocycles. The topological polar surface area (TPSA) is 90.0 Å². The fourth-order valence-electron chi connectivity index (χ4n) is 1.84. The third-order valence-electron chi connectivity index (χ3n) is 2.80. The highest BCUT2D eigenvalue weighted by Gasteiger charge is 2.15. The smallest absolute Gasteiger partial charge is 0.240 e. The van der Waals surface area contributed by atoms with Gasteiger partial charge in [0.15, 0.2) is 0 Å². The molecule has 6 nitrogen and oxygen atoms in total. The first-order valence-corrected chi connectivity index (χ1v) is 8.71. The van der Waals surface area contributed by atoms with Crippen LogP contribution in [0.1, 0.15) is 12.6 Å². The van der Waals surface area contributed by atoms with Crippen LogP contribution < -0.4 is 10.5 Å². The zero-order valence-electron chi connectivity index (χ0n) is 12.1. The Hall–Kier alpha value is -1.51. The third kappa shape index (κ3) is 3.58. The van der Waals surface area contributed by atoms with Gasteiger partial charge in [-0.15, -0.1) is 0 Å². The van der Waals surface area contributed by atoms with Crippen molar-refractivity contribution in [1.82, 2.24) is 14.5 Å². The average Bonchev–Trinajstić information content (AvgIpc) is 2.70. The lowest BCUT2D eigenvalue weighted by molar-refractivity contribution is 0.583. The number of sulfonamides is 1. The zero-order chi connectivity index (χ0) is 15.6. The van der Waals surface area contributed by atoms with Crippen molar-refractivity contribution in [3.8, 4) is 0 Å². The first kappa shape index (κ1) is 15.9. The second-order valence-corrected chi connectivity index (χ2v) is 7.38. The Morgan fingerprint density at radius 2 is 2.10 bits per heavy atom. The van der Waals surface area contributed by atoms with Crippen molar-refractivity contribution >= 4 is 27.5 Å². The largest absolute Gasteiger partial charge is 0.398 e. The van der Waals surface area contributed by atoms with Gasteiger partial charge in [0, 0.05) is 24.2 Å². The molecule has 1 heterocycles. The van der Waals surface area contributed by atoms with Crippen LogP contribution in [-0.2, 0) is 17.1 Å². The molecule has 1 aromatic carbocycles. The highest BCUT2D eigenvalue weighted by molar-refractivity contribution is 7.99. The van der Waals surface area contributed by atoms with Crippen LogP contribution in [0.2, 0.25) is 0 Å². The van der Waals surface area contributed by atoms with Gasteiger partial charge in [0.1, 0.15) is 0 Å².